The zero-order chi connectivity index (χ0) is 11.0. The minimum atomic E-state index is -0.840. The summed E-state index contributed by atoms with van der Waals surface area (Å²) in [6.07, 6.45) is 2.10. The highest BCUT2D eigenvalue weighted by atomic mass is 16.4. The van der Waals surface area contributed by atoms with Gasteiger partial charge in [0, 0.05) is 11.3 Å². The summed E-state index contributed by atoms with van der Waals surface area (Å²) >= 11 is 0. The molecular weight excluding hydrogens is 196 g/mol. The van der Waals surface area contributed by atoms with Crippen LogP contribution in [0.25, 0.3) is 0 Å². The van der Waals surface area contributed by atoms with Gasteiger partial charge in [-0.05, 0) is 26.2 Å². The van der Waals surface area contributed by atoms with Crippen LogP contribution in [0.3, 0.4) is 0 Å². The molecule has 80 valence electrons. The first-order chi connectivity index (χ1) is 7.09. The van der Waals surface area contributed by atoms with Gasteiger partial charge in [-0.1, -0.05) is 0 Å². The van der Waals surface area contributed by atoms with E-state index in [4.69, 9.17) is 5.11 Å². The summed E-state index contributed by atoms with van der Waals surface area (Å²) in [6.45, 7) is 1.73. The molecule has 1 heterocycles. The molecule has 1 unspecified atom stereocenters. The third kappa shape index (κ3) is 1.65. The van der Waals surface area contributed by atoms with E-state index >= 15 is 0 Å². The van der Waals surface area contributed by atoms with E-state index in [2.05, 4.69) is 9.97 Å². The van der Waals surface area contributed by atoms with Crippen LogP contribution in [0.5, 0.6) is 0 Å². The Labute approximate surface area is 86.2 Å². The molecule has 0 spiro atoms. The van der Waals surface area contributed by atoms with Crippen molar-refractivity contribution in [3.05, 3.63) is 27.4 Å². The Bertz CT molecular complexity index is 464. The van der Waals surface area contributed by atoms with Gasteiger partial charge in [-0.15, -0.1) is 0 Å². The molecule has 0 aromatic carbocycles. The summed E-state index contributed by atoms with van der Waals surface area (Å²) in [4.78, 5) is 28.5. The molecule has 15 heavy (non-hydrogen) atoms. The quantitative estimate of drug-likeness (QED) is 0.707. The minimum absolute atomic E-state index is 0.391. The van der Waals surface area contributed by atoms with E-state index < -0.39 is 17.6 Å². The lowest BCUT2D eigenvalue weighted by molar-refractivity contribution is -0.139. The van der Waals surface area contributed by atoms with Crippen LogP contribution in [0, 0.1) is 6.92 Å². The van der Waals surface area contributed by atoms with Crippen LogP contribution in [-0.2, 0) is 11.2 Å². The number of hydrogen-bond donors (Lipinski definition) is 2. The number of carboxylic acid groups (broad SMARTS) is 1. The third-order valence-corrected chi connectivity index (χ3v) is 2.80. The fourth-order valence-corrected chi connectivity index (χ4v) is 2.17. The molecular formula is C10H12N2O3. The number of aromatic nitrogens is 2. The molecule has 1 aliphatic carbocycles. The van der Waals surface area contributed by atoms with Crippen LogP contribution in [0.4, 0.5) is 0 Å². The van der Waals surface area contributed by atoms with Gasteiger partial charge in [0.15, 0.2) is 0 Å². The molecule has 0 bridgehead atoms. The number of fused-ring (bicyclic) bond motifs is 1. The number of hydrogen-bond acceptors (Lipinski definition) is 3. The van der Waals surface area contributed by atoms with Gasteiger partial charge in [-0.3, -0.25) is 4.79 Å². The predicted molar refractivity (Wildman–Crippen MR) is 52.9 cm³/mol. The van der Waals surface area contributed by atoms with Crippen LogP contribution in [0.15, 0.2) is 4.79 Å². The average Bonchev–Trinajstić information content (AvgIpc) is 2.16. The van der Waals surface area contributed by atoms with E-state index in [0.717, 1.165) is 6.42 Å². The first kappa shape index (κ1) is 9.89. The molecule has 1 aliphatic rings. The van der Waals surface area contributed by atoms with Crippen LogP contribution in [0.2, 0.25) is 0 Å². The lowest BCUT2D eigenvalue weighted by Gasteiger charge is -2.22. The van der Waals surface area contributed by atoms with Crippen molar-refractivity contribution in [3.63, 3.8) is 0 Å². The van der Waals surface area contributed by atoms with Crippen molar-refractivity contribution >= 4 is 5.97 Å². The fraction of sp³-hybridized carbons (Fsp3) is 0.500. The topological polar surface area (TPSA) is 83.0 Å². The SMILES string of the molecule is Cc1[nH]c(=O)nc2c1C(C(=O)O)CCC2. The summed E-state index contributed by atoms with van der Waals surface area (Å²) in [7, 11) is 0. The molecule has 2 rings (SSSR count). The second-order valence-electron chi connectivity index (χ2n) is 3.81. The van der Waals surface area contributed by atoms with Crippen molar-refractivity contribution in [2.24, 2.45) is 0 Å². The van der Waals surface area contributed by atoms with Gasteiger partial charge in [-0.2, -0.15) is 4.98 Å². The maximum atomic E-state index is 11.1. The Kier molecular flexibility index (Phi) is 2.30. The molecule has 1 aromatic heterocycles. The molecule has 2 N–H and O–H groups in total. The molecule has 5 heteroatoms. The number of aromatic amines is 1. The van der Waals surface area contributed by atoms with Crippen molar-refractivity contribution in [1.82, 2.24) is 9.97 Å². The Balaban J connectivity index is 2.60. The summed E-state index contributed by atoms with van der Waals surface area (Å²) < 4.78 is 0. The zero-order valence-corrected chi connectivity index (χ0v) is 8.41. The van der Waals surface area contributed by atoms with E-state index in [1.165, 1.54) is 0 Å². The maximum absolute atomic E-state index is 11.1. The monoisotopic (exact) mass is 208 g/mol. The van der Waals surface area contributed by atoms with Crippen molar-refractivity contribution in [1.29, 1.82) is 0 Å². The summed E-state index contributed by atoms with van der Waals surface area (Å²) in [5.74, 6) is -1.36. The number of rotatable bonds is 1. The highest BCUT2D eigenvalue weighted by Crippen LogP contribution is 2.31. The van der Waals surface area contributed by atoms with Crippen molar-refractivity contribution < 1.29 is 9.90 Å². The van der Waals surface area contributed by atoms with E-state index in [0.29, 0.717) is 29.8 Å². The predicted octanol–water partition coefficient (Wildman–Crippen LogP) is 0.583. The fourth-order valence-electron chi connectivity index (χ4n) is 2.17. The molecule has 0 saturated heterocycles. The zero-order valence-electron chi connectivity index (χ0n) is 8.41. The van der Waals surface area contributed by atoms with Crippen molar-refractivity contribution in [2.45, 2.75) is 32.1 Å². The van der Waals surface area contributed by atoms with Gasteiger partial charge in [-0.25, -0.2) is 4.79 Å². The van der Waals surface area contributed by atoms with Crippen LogP contribution >= 0.6 is 0 Å². The highest BCUT2D eigenvalue weighted by Gasteiger charge is 2.29. The Morgan fingerprint density at radius 3 is 3.00 bits per heavy atom. The molecule has 0 radical (unpaired) electrons. The van der Waals surface area contributed by atoms with Crippen LogP contribution in [-0.4, -0.2) is 21.0 Å². The summed E-state index contributed by atoms with van der Waals surface area (Å²) in [5.41, 5.74) is 1.60. The molecule has 0 saturated carbocycles. The molecule has 1 aromatic rings. The normalized spacial score (nSPS) is 19.7. The van der Waals surface area contributed by atoms with Crippen molar-refractivity contribution in [2.75, 3.05) is 0 Å². The van der Waals surface area contributed by atoms with Gasteiger partial charge in [0.1, 0.15) is 0 Å². The average molecular weight is 208 g/mol. The van der Waals surface area contributed by atoms with E-state index in [-0.39, 0.29) is 0 Å². The summed E-state index contributed by atoms with van der Waals surface area (Å²) in [5, 5.41) is 9.06. The van der Waals surface area contributed by atoms with Gasteiger partial charge in [0.05, 0.1) is 11.6 Å². The second kappa shape index (κ2) is 3.49. The van der Waals surface area contributed by atoms with E-state index in [1.54, 1.807) is 6.92 Å². The van der Waals surface area contributed by atoms with Crippen molar-refractivity contribution in [3.8, 4) is 0 Å². The minimum Gasteiger partial charge on any atom is -0.481 e. The number of nitrogens with one attached hydrogen (secondary N) is 1. The number of H-pyrrole nitrogens is 1. The highest BCUT2D eigenvalue weighted by molar-refractivity contribution is 5.77. The van der Waals surface area contributed by atoms with E-state index in [9.17, 15) is 9.59 Å². The standard InChI is InChI=1S/C10H12N2O3/c1-5-8-6(9(13)14)3-2-4-7(8)12-10(15)11-5/h6H,2-4H2,1H3,(H,13,14)(H,11,12,15). The maximum Gasteiger partial charge on any atom is 0.345 e. The molecule has 0 fully saturated rings. The number of aryl methyl sites for hydroxylation is 2. The third-order valence-electron chi connectivity index (χ3n) is 2.80. The van der Waals surface area contributed by atoms with Crippen LogP contribution in [0.1, 0.15) is 35.7 Å². The van der Waals surface area contributed by atoms with E-state index in [1.807, 2.05) is 0 Å². The van der Waals surface area contributed by atoms with Gasteiger partial charge in [0.2, 0.25) is 0 Å². The number of nitrogens with zero attached hydrogens (tertiary/aromatic N) is 1. The Morgan fingerprint density at radius 1 is 1.60 bits per heavy atom. The largest absolute Gasteiger partial charge is 0.481 e. The number of carboxylic acids is 1. The Morgan fingerprint density at radius 2 is 2.33 bits per heavy atom. The molecule has 5 nitrogen and oxygen atoms in total. The van der Waals surface area contributed by atoms with Gasteiger partial charge < -0.3 is 10.1 Å². The first-order valence-corrected chi connectivity index (χ1v) is 4.92. The first-order valence-electron chi connectivity index (χ1n) is 4.92. The number of carbonyl (C=O) groups is 1. The lowest BCUT2D eigenvalue weighted by Crippen LogP contribution is -2.26. The molecule has 1 atom stereocenters. The van der Waals surface area contributed by atoms with Gasteiger partial charge in [0.25, 0.3) is 0 Å². The Hall–Kier alpha value is -1.65. The molecule has 0 amide bonds. The van der Waals surface area contributed by atoms with Gasteiger partial charge >= 0.3 is 11.7 Å². The van der Waals surface area contributed by atoms with Crippen LogP contribution < -0.4 is 5.69 Å². The second-order valence-corrected chi connectivity index (χ2v) is 3.81. The lowest BCUT2D eigenvalue weighted by atomic mass is 9.85. The smallest absolute Gasteiger partial charge is 0.345 e. The molecule has 0 aliphatic heterocycles. The summed E-state index contributed by atoms with van der Waals surface area (Å²) in [6, 6.07) is 0. The number of aliphatic carboxylic acids is 1.